The topological polar surface area (TPSA) is 145 Å². The molecule has 0 aliphatic rings. The molecule has 0 saturated heterocycles. The molecule has 1 rings (SSSR count). The molecule has 0 bridgehead atoms. The first-order chi connectivity index (χ1) is 9.34. The van der Waals surface area contributed by atoms with Gasteiger partial charge in [0, 0.05) is 5.56 Å². The van der Waals surface area contributed by atoms with Crippen molar-refractivity contribution in [3.05, 3.63) is 29.8 Å². The summed E-state index contributed by atoms with van der Waals surface area (Å²) in [5.41, 5.74) is 3.29. The molecule has 0 radical (unpaired) electrons. The van der Waals surface area contributed by atoms with Crippen LogP contribution in [-0.4, -0.2) is 25.7 Å². The Labute approximate surface area is 124 Å². The van der Waals surface area contributed by atoms with Gasteiger partial charge in [-0.25, -0.2) is 13.6 Å². The summed E-state index contributed by atoms with van der Waals surface area (Å²) in [6.07, 6.45) is 0.576. The number of hydrogen-bond donors (Lipinski definition) is 2. The quantitative estimate of drug-likeness (QED) is 0.708. The minimum atomic E-state index is -4.00. The SMILES string of the molecule is CC(=O)CC(C)(C)[NH3+].NS(=O)(=O)c1ccccc1C(=O)[O-]. The Morgan fingerprint density at radius 1 is 1.29 bits per heavy atom. The summed E-state index contributed by atoms with van der Waals surface area (Å²) in [7, 11) is -4.00. The number of carboxylic acids is 1. The molecule has 0 aromatic heterocycles. The highest BCUT2D eigenvalue weighted by Crippen LogP contribution is 2.12. The smallest absolute Gasteiger partial charge is 0.238 e. The van der Waals surface area contributed by atoms with Crippen molar-refractivity contribution >= 4 is 21.8 Å². The number of aromatic carboxylic acids is 1. The Hall–Kier alpha value is -1.77. The van der Waals surface area contributed by atoms with Crippen molar-refractivity contribution in [2.75, 3.05) is 0 Å². The maximum absolute atomic E-state index is 10.8. The van der Waals surface area contributed by atoms with E-state index in [2.05, 4.69) is 5.73 Å². The Morgan fingerprint density at radius 2 is 1.76 bits per heavy atom. The van der Waals surface area contributed by atoms with Crippen molar-refractivity contribution < 1.29 is 28.8 Å². The third kappa shape index (κ3) is 8.18. The second-order valence-corrected chi connectivity index (χ2v) is 6.90. The molecule has 1 aromatic carbocycles. The van der Waals surface area contributed by atoms with Crippen LogP contribution in [0, 0.1) is 0 Å². The molecule has 1 aromatic rings. The Bertz CT molecular complexity index is 618. The zero-order chi connectivity index (χ0) is 16.8. The lowest BCUT2D eigenvalue weighted by molar-refractivity contribution is -0.463. The minimum absolute atomic E-state index is 0.0775. The van der Waals surface area contributed by atoms with Crippen LogP contribution in [-0.2, 0) is 14.8 Å². The molecule has 0 saturated carbocycles. The van der Waals surface area contributed by atoms with E-state index in [1.807, 2.05) is 13.8 Å². The number of rotatable bonds is 4. The number of ketones is 1. The number of hydrogen-bond acceptors (Lipinski definition) is 5. The van der Waals surface area contributed by atoms with E-state index in [9.17, 15) is 23.1 Å². The third-order valence-corrected chi connectivity index (χ3v) is 3.11. The Balaban J connectivity index is 0.000000433. The first-order valence-electron chi connectivity index (χ1n) is 6.02. The number of carbonyl (C=O) groups is 2. The molecule has 0 aliphatic carbocycles. The van der Waals surface area contributed by atoms with Gasteiger partial charge in [0.25, 0.3) is 0 Å². The van der Waals surface area contributed by atoms with Gasteiger partial charge in [0.2, 0.25) is 10.0 Å². The van der Waals surface area contributed by atoms with E-state index >= 15 is 0 Å². The van der Waals surface area contributed by atoms with Crippen LogP contribution >= 0.6 is 0 Å². The molecule has 0 aliphatic heterocycles. The standard InChI is InChI=1S/C7H7NO4S.C6H13NO/c8-13(11,12)6-4-2-1-3-5(6)7(9)10;1-5(8)4-6(2,3)7/h1-4H,(H,9,10)(H2,8,11,12);4,7H2,1-3H3. The van der Waals surface area contributed by atoms with Crippen LogP contribution in [0.4, 0.5) is 0 Å². The largest absolute Gasteiger partial charge is 0.545 e. The predicted octanol–water partition coefficient (Wildman–Crippen LogP) is -1.32. The zero-order valence-corrected chi connectivity index (χ0v) is 13.1. The molecule has 118 valence electrons. The van der Waals surface area contributed by atoms with Crippen LogP contribution < -0.4 is 16.0 Å². The minimum Gasteiger partial charge on any atom is -0.545 e. The van der Waals surface area contributed by atoms with Crippen molar-refractivity contribution in [1.29, 1.82) is 0 Å². The fraction of sp³-hybridized carbons (Fsp3) is 0.385. The lowest BCUT2D eigenvalue weighted by Gasteiger charge is -2.10. The number of quaternary nitrogens is 1. The van der Waals surface area contributed by atoms with Gasteiger partial charge in [-0.2, -0.15) is 0 Å². The third-order valence-electron chi connectivity index (χ3n) is 2.14. The Kier molecular flexibility index (Phi) is 6.68. The monoisotopic (exact) mass is 316 g/mol. The van der Waals surface area contributed by atoms with Crippen LogP contribution in [0.25, 0.3) is 0 Å². The molecule has 0 spiro atoms. The molecule has 5 N–H and O–H groups in total. The fourth-order valence-electron chi connectivity index (χ4n) is 1.56. The lowest BCUT2D eigenvalue weighted by atomic mass is 10.0. The Morgan fingerprint density at radius 3 is 2.00 bits per heavy atom. The first-order valence-corrected chi connectivity index (χ1v) is 7.57. The molecule has 0 fully saturated rings. The van der Waals surface area contributed by atoms with E-state index in [4.69, 9.17) is 5.14 Å². The normalized spacial score (nSPS) is 11.3. The van der Waals surface area contributed by atoms with E-state index in [0.29, 0.717) is 6.42 Å². The summed E-state index contributed by atoms with van der Waals surface area (Å²) >= 11 is 0. The van der Waals surface area contributed by atoms with Crippen LogP contribution in [0.2, 0.25) is 0 Å². The molecule has 0 unspecified atom stereocenters. The van der Waals surface area contributed by atoms with Gasteiger partial charge in [-0.15, -0.1) is 0 Å². The average Bonchev–Trinajstić information content (AvgIpc) is 2.25. The molecule has 0 heterocycles. The second-order valence-electron chi connectivity index (χ2n) is 5.37. The van der Waals surface area contributed by atoms with Crippen LogP contribution in [0.1, 0.15) is 37.6 Å². The maximum Gasteiger partial charge on any atom is 0.238 e. The predicted molar refractivity (Wildman–Crippen MR) is 74.4 cm³/mol. The summed E-state index contributed by atoms with van der Waals surface area (Å²) in [5, 5.41) is 15.2. The van der Waals surface area contributed by atoms with Crippen molar-refractivity contribution in [3.63, 3.8) is 0 Å². The van der Waals surface area contributed by atoms with Crippen molar-refractivity contribution in [1.82, 2.24) is 0 Å². The maximum atomic E-state index is 10.8. The average molecular weight is 316 g/mol. The second kappa shape index (κ2) is 7.30. The molecule has 21 heavy (non-hydrogen) atoms. The van der Waals surface area contributed by atoms with Gasteiger partial charge in [-0.05, 0) is 26.8 Å². The number of sulfonamides is 1. The van der Waals surface area contributed by atoms with Gasteiger partial charge in [0.1, 0.15) is 5.78 Å². The molecule has 8 heteroatoms. The molecule has 0 amide bonds. The van der Waals surface area contributed by atoms with E-state index in [-0.39, 0.29) is 11.3 Å². The summed E-state index contributed by atoms with van der Waals surface area (Å²) in [6, 6.07) is 5.00. The highest BCUT2D eigenvalue weighted by Gasteiger charge is 2.16. The number of primary sulfonamides is 1. The van der Waals surface area contributed by atoms with Gasteiger partial charge < -0.3 is 15.6 Å². The van der Waals surface area contributed by atoms with Crippen molar-refractivity contribution in [3.8, 4) is 0 Å². The van der Waals surface area contributed by atoms with Gasteiger partial charge >= 0.3 is 0 Å². The van der Waals surface area contributed by atoms with E-state index in [1.54, 1.807) is 6.92 Å². The van der Waals surface area contributed by atoms with Gasteiger partial charge in [-0.3, -0.25) is 4.79 Å². The highest BCUT2D eigenvalue weighted by atomic mass is 32.2. The van der Waals surface area contributed by atoms with Gasteiger partial charge in [-0.1, -0.05) is 18.2 Å². The lowest BCUT2D eigenvalue weighted by Crippen LogP contribution is -2.69. The highest BCUT2D eigenvalue weighted by molar-refractivity contribution is 7.89. The van der Waals surface area contributed by atoms with E-state index < -0.39 is 26.5 Å². The van der Waals surface area contributed by atoms with Gasteiger partial charge in [0.15, 0.2) is 0 Å². The van der Waals surface area contributed by atoms with Crippen molar-refractivity contribution in [2.45, 2.75) is 37.6 Å². The molecule has 7 nitrogen and oxygen atoms in total. The molecular formula is C13H20N2O5S. The van der Waals surface area contributed by atoms with E-state index in [0.717, 1.165) is 12.1 Å². The summed E-state index contributed by atoms with van der Waals surface area (Å²) < 4.78 is 21.7. The number of Topliss-reactive ketones (excluding diaryl/α,β-unsaturated/α-hetero) is 1. The van der Waals surface area contributed by atoms with Crippen molar-refractivity contribution in [2.24, 2.45) is 5.14 Å². The van der Waals surface area contributed by atoms with Crippen LogP contribution in [0.3, 0.4) is 0 Å². The first kappa shape index (κ1) is 19.2. The zero-order valence-electron chi connectivity index (χ0n) is 12.3. The van der Waals surface area contributed by atoms with Gasteiger partial charge in [0.05, 0.1) is 22.8 Å². The number of nitrogens with two attached hydrogens (primary N) is 1. The summed E-state index contributed by atoms with van der Waals surface area (Å²) in [5.74, 6) is -1.35. The fourth-order valence-corrected chi connectivity index (χ4v) is 2.28. The number of benzene rings is 1. The number of carbonyl (C=O) groups excluding carboxylic acids is 2. The van der Waals surface area contributed by atoms with E-state index in [1.165, 1.54) is 12.1 Å². The number of carboxylic acid groups (broad SMARTS) is 1. The summed E-state index contributed by atoms with van der Waals surface area (Å²) in [6.45, 7) is 5.50. The molecule has 0 atom stereocenters. The van der Waals surface area contributed by atoms with Crippen LogP contribution in [0.5, 0.6) is 0 Å². The molecular weight excluding hydrogens is 296 g/mol. The van der Waals surface area contributed by atoms with Crippen LogP contribution in [0.15, 0.2) is 29.2 Å². The summed E-state index contributed by atoms with van der Waals surface area (Å²) in [4.78, 5) is 20.4.